The molecule has 1 amide bonds. The average molecular weight is 327 g/mol. The summed E-state index contributed by atoms with van der Waals surface area (Å²) in [6.45, 7) is 4.20. The zero-order valence-corrected chi connectivity index (χ0v) is 14.1. The van der Waals surface area contributed by atoms with Gasteiger partial charge in [-0.3, -0.25) is 4.79 Å². The monoisotopic (exact) mass is 326 g/mol. The molecule has 2 rings (SSSR count). The molecule has 0 aliphatic carbocycles. The first-order chi connectivity index (χ1) is 10.1. The molecule has 1 aromatic rings. The summed E-state index contributed by atoms with van der Waals surface area (Å²) in [6, 6.07) is 7.81. The van der Waals surface area contributed by atoms with Crippen molar-refractivity contribution in [3.63, 3.8) is 0 Å². The summed E-state index contributed by atoms with van der Waals surface area (Å²) >= 11 is 7.60. The van der Waals surface area contributed by atoms with Crippen LogP contribution in [0.4, 0.5) is 0 Å². The number of hydrogen-bond acceptors (Lipinski definition) is 3. The molecule has 1 aromatic carbocycles. The normalized spacial score (nSPS) is 15.3. The van der Waals surface area contributed by atoms with Crippen LogP contribution in [0, 0.1) is 0 Å². The van der Waals surface area contributed by atoms with Gasteiger partial charge in [0.15, 0.2) is 0 Å². The first-order valence-corrected chi connectivity index (χ1v) is 8.97. The van der Waals surface area contributed by atoms with Crippen LogP contribution in [-0.4, -0.2) is 54.7 Å². The molecule has 3 nitrogen and oxygen atoms in total. The predicted octanol–water partition coefficient (Wildman–Crippen LogP) is 3.13. The third kappa shape index (κ3) is 5.89. The fourth-order valence-electron chi connectivity index (χ4n) is 2.42. The second-order valence-corrected chi connectivity index (χ2v) is 6.91. The number of halogens is 1. The standard InChI is InChI=1S/C16H23ClN2OS/c1-18(9-10-19-7-2-3-8-19)16(20)13-21-12-14-5-4-6-15(17)11-14/h4-6,11H,2-3,7-10,12-13H2,1H3. The Morgan fingerprint density at radius 3 is 2.86 bits per heavy atom. The molecule has 116 valence electrons. The molecule has 0 bridgehead atoms. The third-order valence-electron chi connectivity index (χ3n) is 3.76. The summed E-state index contributed by atoms with van der Waals surface area (Å²) in [5.41, 5.74) is 1.17. The molecule has 1 aliphatic rings. The van der Waals surface area contributed by atoms with E-state index in [0.717, 1.165) is 23.9 Å². The summed E-state index contributed by atoms with van der Waals surface area (Å²) < 4.78 is 0. The van der Waals surface area contributed by atoms with Gasteiger partial charge in [0, 0.05) is 30.9 Å². The van der Waals surface area contributed by atoms with Crippen LogP contribution in [0.2, 0.25) is 5.02 Å². The molecule has 1 heterocycles. The van der Waals surface area contributed by atoms with Crippen molar-refractivity contribution < 1.29 is 4.79 Å². The number of benzene rings is 1. The van der Waals surface area contributed by atoms with Crippen molar-refractivity contribution in [1.82, 2.24) is 9.80 Å². The zero-order valence-electron chi connectivity index (χ0n) is 12.6. The summed E-state index contributed by atoms with van der Waals surface area (Å²) in [4.78, 5) is 16.3. The van der Waals surface area contributed by atoms with Crippen molar-refractivity contribution in [2.75, 3.05) is 39.0 Å². The van der Waals surface area contributed by atoms with E-state index in [1.54, 1.807) is 11.8 Å². The lowest BCUT2D eigenvalue weighted by atomic mass is 10.2. The van der Waals surface area contributed by atoms with Gasteiger partial charge in [-0.05, 0) is 43.6 Å². The maximum atomic E-state index is 12.1. The number of rotatable bonds is 7. The van der Waals surface area contributed by atoms with Gasteiger partial charge in [-0.1, -0.05) is 23.7 Å². The van der Waals surface area contributed by atoms with Crippen LogP contribution in [-0.2, 0) is 10.5 Å². The maximum absolute atomic E-state index is 12.1. The number of likely N-dealkylation sites (N-methyl/N-ethyl adjacent to an activating group) is 1. The van der Waals surface area contributed by atoms with E-state index in [0.29, 0.717) is 5.75 Å². The van der Waals surface area contributed by atoms with Crippen LogP contribution in [0.5, 0.6) is 0 Å². The van der Waals surface area contributed by atoms with Gasteiger partial charge in [0.05, 0.1) is 5.75 Å². The van der Waals surface area contributed by atoms with Crippen LogP contribution in [0.25, 0.3) is 0 Å². The minimum atomic E-state index is 0.209. The Kier molecular flexibility index (Phi) is 6.87. The molecule has 0 unspecified atom stereocenters. The first kappa shape index (κ1) is 16.7. The lowest BCUT2D eigenvalue weighted by Crippen LogP contribution is -2.36. The summed E-state index contributed by atoms with van der Waals surface area (Å²) in [7, 11) is 1.90. The van der Waals surface area contributed by atoms with Gasteiger partial charge in [-0.2, -0.15) is 0 Å². The van der Waals surface area contributed by atoms with Crippen LogP contribution >= 0.6 is 23.4 Å². The lowest BCUT2D eigenvalue weighted by molar-refractivity contribution is -0.127. The van der Waals surface area contributed by atoms with Crippen molar-refractivity contribution in [3.05, 3.63) is 34.9 Å². The van der Waals surface area contributed by atoms with Gasteiger partial charge in [0.2, 0.25) is 5.91 Å². The van der Waals surface area contributed by atoms with Gasteiger partial charge in [0.25, 0.3) is 0 Å². The minimum Gasteiger partial charge on any atom is -0.344 e. The van der Waals surface area contributed by atoms with E-state index in [4.69, 9.17) is 11.6 Å². The molecule has 5 heteroatoms. The van der Waals surface area contributed by atoms with Gasteiger partial charge >= 0.3 is 0 Å². The average Bonchev–Trinajstić information content (AvgIpc) is 2.98. The lowest BCUT2D eigenvalue weighted by Gasteiger charge is -2.21. The van der Waals surface area contributed by atoms with E-state index in [9.17, 15) is 4.79 Å². The van der Waals surface area contributed by atoms with Gasteiger partial charge in [-0.25, -0.2) is 0 Å². The van der Waals surface area contributed by atoms with Crippen LogP contribution in [0.3, 0.4) is 0 Å². The highest BCUT2D eigenvalue weighted by molar-refractivity contribution is 7.99. The Hall–Kier alpha value is -0.710. The molecule has 0 N–H and O–H groups in total. The Bertz CT molecular complexity index is 463. The molecular formula is C16H23ClN2OS. The molecule has 1 fully saturated rings. The number of thioether (sulfide) groups is 1. The Morgan fingerprint density at radius 1 is 1.38 bits per heavy atom. The van der Waals surface area contributed by atoms with E-state index in [2.05, 4.69) is 4.90 Å². The Labute approximate surface area is 136 Å². The highest BCUT2D eigenvalue weighted by Gasteiger charge is 2.14. The van der Waals surface area contributed by atoms with Gasteiger partial charge in [0.1, 0.15) is 0 Å². The quantitative estimate of drug-likeness (QED) is 0.769. The van der Waals surface area contributed by atoms with E-state index in [1.807, 2.05) is 36.2 Å². The fourth-order valence-corrected chi connectivity index (χ4v) is 3.54. The molecule has 0 saturated carbocycles. The van der Waals surface area contributed by atoms with Crippen LogP contribution < -0.4 is 0 Å². The number of carbonyl (C=O) groups is 1. The SMILES string of the molecule is CN(CCN1CCCC1)C(=O)CSCc1cccc(Cl)c1. The van der Waals surface area contributed by atoms with E-state index >= 15 is 0 Å². The van der Waals surface area contributed by atoms with E-state index in [-0.39, 0.29) is 5.91 Å². The maximum Gasteiger partial charge on any atom is 0.232 e. The number of amides is 1. The number of nitrogens with zero attached hydrogens (tertiary/aromatic N) is 2. The second kappa shape index (κ2) is 8.66. The molecule has 0 aromatic heterocycles. The van der Waals surface area contributed by atoms with Crippen LogP contribution in [0.1, 0.15) is 18.4 Å². The number of likely N-dealkylation sites (tertiary alicyclic amines) is 1. The summed E-state index contributed by atoms with van der Waals surface area (Å²) in [6.07, 6.45) is 2.60. The van der Waals surface area contributed by atoms with Crippen LogP contribution in [0.15, 0.2) is 24.3 Å². The van der Waals surface area contributed by atoms with E-state index in [1.165, 1.54) is 31.5 Å². The largest absolute Gasteiger partial charge is 0.344 e. The van der Waals surface area contributed by atoms with Gasteiger partial charge < -0.3 is 9.80 Å². The molecule has 0 radical (unpaired) electrons. The highest BCUT2D eigenvalue weighted by atomic mass is 35.5. The summed E-state index contributed by atoms with van der Waals surface area (Å²) in [5.74, 6) is 1.57. The molecule has 0 atom stereocenters. The number of hydrogen-bond donors (Lipinski definition) is 0. The van der Waals surface area contributed by atoms with Crippen molar-refractivity contribution >= 4 is 29.3 Å². The van der Waals surface area contributed by atoms with E-state index < -0.39 is 0 Å². The van der Waals surface area contributed by atoms with Crippen molar-refractivity contribution in [3.8, 4) is 0 Å². The fraction of sp³-hybridized carbons (Fsp3) is 0.562. The predicted molar refractivity (Wildman–Crippen MR) is 90.9 cm³/mol. The van der Waals surface area contributed by atoms with Crippen molar-refractivity contribution in [1.29, 1.82) is 0 Å². The molecule has 1 aliphatic heterocycles. The first-order valence-electron chi connectivity index (χ1n) is 7.43. The Morgan fingerprint density at radius 2 is 2.14 bits per heavy atom. The minimum absolute atomic E-state index is 0.209. The summed E-state index contributed by atoms with van der Waals surface area (Å²) in [5, 5.41) is 0.752. The van der Waals surface area contributed by atoms with Gasteiger partial charge in [-0.15, -0.1) is 11.8 Å². The molecule has 0 spiro atoms. The zero-order chi connectivity index (χ0) is 15.1. The molecule has 1 saturated heterocycles. The third-order valence-corrected chi connectivity index (χ3v) is 4.98. The Balaban J connectivity index is 1.63. The topological polar surface area (TPSA) is 23.6 Å². The second-order valence-electron chi connectivity index (χ2n) is 5.49. The molecule has 21 heavy (non-hydrogen) atoms. The van der Waals surface area contributed by atoms with Crippen molar-refractivity contribution in [2.45, 2.75) is 18.6 Å². The highest BCUT2D eigenvalue weighted by Crippen LogP contribution is 2.16. The smallest absolute Gasteiger partial charge is 0.232 e. The van der Waals surface area contributed by atoms with Crippen molar-refractivity contribution in [2.24, 2.45) is 0 Å². The molecular weight excluding hydrogens is 304 g/mol. The number of carbonyl (C=O) groups excluding carboxylic acids is 1.